The van der Waals surface area contributed by atoms with Gasteiger partial charge in [-0.15, -0.1) is 11.6 Å². The predicted molar refractivity (Wildman–Crippen MR) is 52.1 cm³/mol. The average molecular weight is 186 g/mol. The molecular weight excluding hydrogens is 172 g/mol. The van der Waals surface area contributed by atoms with Crippen molar-refractivity contribution in [1.29, 1.82) is 0 Å². The van der Waals surface area contributed by atoms with E-state index in [4.69, 9.17) is 16.7 Å². The summed E-state index contributed by atoms with van der Waals surface area (Å²) in [5.74, 6) is 0. The first-order chi connectivity index (χ1) is 5.66. The molecule has 0 aromatic rings. The average Bonchev–Trinajstić information content (AvgIpc) is 2.01. The second kappa shape index (κ2) is 4.11. The Morgan fingerprint density at radius 3 is 2.92 bits per heavy atom. The largest absolute Gasteiger partial charge is 0.396 e. The molecule has 0 fully saturated rings. The van der Waals surface area contributed by atoms with Crippen LogP contribution in [0.5, 0.6) is 0 Å². The van der Waals surface area contributed by atoms with Crippen molar-refractivity contribution in [2.45, 2.75) is 24.6 Å². The van der Waals surface area contributed by atoms with E-state index in [-0.39, 0.29) is 11.5 Å². The van der Waals surface area contributed by atoms with Gasteiger partial charge in [-0.1, -0.05) is 23.8 Å². The molecule has 1 unspecified atom stereocenters. The Morgan fingerprint density at radius 2 is 2.33 bits per heavy atom. The summed E-state index contributed by atoms with van der Waals surface area (Å²) < 4.78 is 0. The Labute approximate surface area is 78.7 Å². The highest BCUT2D eigenvalue weighted by Gasteiger charge is 2.22. The summed E-state index contributed by atoms with van der Waals surface area (Å²) in [7, 11) is 0. The van der Waals surface area contributed by atoms with Crippen molar-refractivity contribution in [1.82, 2.24) is 0 Å². The molecule has 1 atom stereocenters. The topological polar surface area (TPSA) is 20.2 Å². The summed E-state index contributed by atoms with van der Waals surface area (Å²) in [5, 5.41) is 8.67. The minimum atomic E-state index is -0.360. The Bertz CT molecular complexity index is 208. The molecule has 1 rings (SSSR count). The van der Waals surface area contributed by atoms with Crippen LogP contribution in [0.4, 0.5) is 0 Å². The number of rotatable bonds is 3. The first-order valence-electron chi connectivity index (χ1n) is 4.18. The number of alkyl halides is 1. The second-order valence-electron chi connectivity index (χ2n) is 3.17. The molecule has 1 nitrogen and oxygen atoms in total. The smallest absolute Gasteiger partial charge is 0.0809 e. The highest BCUT2D eigenvalue weighted by Crippen LogP contribution is 2.30. The van der Waals surface area contributed by atoms with Gasteiger partial charge in [0.25, 0.3) is 0 Å². The number of hydrogen-bond donors (Lipinski definition) is 1. The minimum Gasteiger partial charge on any atom is -0.396 e. The number of halogens is 1. The maximum atomic E-state index is 8.67. The van der Waals surface area contributed by atoms with Crippen LogP contribution in [0, 0.1) is 6.42 Å². The molecule has 0 heterocycles. The van der Waals surface area contributed by atoms with Crippen molar-refractivity contribution in [2.24, 2.45) is 0 Å². The zero-order valence-corrected chi connectivity index (χ0v) is 8.01. The quantitative estimate of drug-likeness (QED) is 0.670. The molecular formula is C10H14ClO. The van der Waals surface area contributed by atoms with Gasteiger partial charge in [0.05, 0.1) is 4.87 Å². The Balaban J connectivity index is 2.57. The first-order valence-corrected chi connectivity index (χ1v) is 4.56. The molecule has 0 saturated carbocycles. The summed E-state index contributed by atoms with van der Waals surface area (Å²) >= 11 is 6.25. The third kappa shape index (κ3) is 2.65. The number of hydrogen-bond acceptors (Lipinski definition) is 1. The summed E-state index contributed by atoms with van der Waals surface area (Å²) in [5.41, 5.74) is 1.19. The maximum Gasteiger partial charge on any atom is 0.0809 e. The monoisotopic (exact) mass is 185 g/mol. The van der Waals surface area contributed by atoms with Crippen LogP contribution in [0.25, 0.3) is 0 Å². The molecule has 0 bridgehead atoms. The third-order valence-corrected chi connectivity index (χ3v) is 2.34. The highest BCUT2D eigenvalue weighted by molar-refractivity contribution is 6.26. The fourth-order valence-electron chi connectivity index (χ4n) is 1.34. The molecule has 1 radical (unpaired) electrons. The fraction of sp³-hybridized carbons (Fsp3) is 0.500. The third-order valence-electron chi connectivity index (χ3n) is 1.92. The molecule has 67 valence electrons. The van der Waals surface area contributed by atoms with E-state index in [1.807, 2.05) is 31.6 Å². The number of allylic oxidation sites excluding steroid dienone is 4. The zero-order chi connectivity index (χ0) is 9.03. The summed E-state index contributed by atoms with van der Waals surface area (Å²) in [4.78, 5) is -0.360. The standard InChI is InChI=1S/C10H14ClO/c1-9-4-2-5-10(11,8-9)6-3-7-12/h2,4-5,8,12H,3,6-7H2,1H3. The van der Waals surface area contributed by atoms with Gasteiger partial charge in [0.1, 0.15) is 0 Å². The van der Waals surface area contributed by atoms with E-state index in [2.05, 4.69) is 0 Å². The van der Waals surface area contributed by atoms with Gasteiger partial charge >= 0.3 is 0 Å². The van der Waals surface area contributed by atoms with Crippen LogP contribution in [0.2, 0.25) is 0 Å². The van der Waals surface area contributed by atoms with Gasteiger partial charge in [-0.25, -0.2) is 0 Å². The van der Waals surface area contributed by atoms with E-state index in [9.17, 15) is 0 Å². The predicted octanol–water partition coefficient (Wildman–Crippen LogP) is 2.46. The van der Waals surface area contributed by atoms with E-state index in [0.717, 1.165) is 12.8 Å². The molecule has 2 heteroatoms. The molecule has 0 amide bonds. The lowest BCUT2D eigenvalue weighted by molar-refractivity contribution is 0.282. The molecule has 0 aliphatic heterocycles. The molecule has 12 heavy (non-hydrogen) atoms. The van der Waals surface area contributed by atoms with Gasteiger partial charge in [0.15, 0.2) is 0 Å². The van der Waals surface area contributed by atoms with E-state index in [1.54, 1.807) is 0 Å². The van der Waals surface area contributed by atoms with Crippen LogP contribution in [-0.4, -0.2) is 16.6 Å². The lowest BCUT2D eigenvalue weighted by Crippen LogP contribution is -2.18. The van der Waals surface area contributed by atoms with Crippen molar-refractivity contribution < 1.29 is 5.11 Å². The van der Waals surface area contributed by atoms with E-state index >= 15 is 0 Å². The van der Waals surface area contributed by atoms with Gasteiger partial charge in [-0.2, -0.15) is 0 Å². The van der Waals surface area contributed by atoms with E-state index in [1.165, 1.54) is 5.57 Å². The molecule has 0 aromatic carbocycles. The van der Waals surface area contributed by atoms with Crippen LogP contribution in [0.15, 0.2) is 23.8 Å². The normalized spacial score (nSPS) is 28.8. The second-order valence-corrected chi connectivity index (χ2v) is 3.87. The van der Waals surface area contributed by atoms with Crippen LogP contribution < -0.4 is 0 Å². The van der Waals surface area contributed by atoms with Crippen molar-refractivity contribution in [2.75, 3.05) is 6.61 Å². The zero-order valence-electron chi connectivity index (χ0n) is 7.26. The Kier molecular flexibility index (Phi) is 3.36. The molecule has 1 N–H and O–H groups in total. The van der Waals surface area contributed by atoms with Crippen molar-refractivity contribution in [3.8, 4) is 0 Å². The molecule has 0 aromatic heterocycles. The molecule has 1 aliphatic rings. The van der Waals surface area contributed by atoms with Gasteiger partial charge < -0.3 is 5.11 Å². The van der Waals surface area contributed by atoms with E-state index < -0.39 is 0 Å². The Hall–Kier alpha value is -0.270. The van der Waals surface area contributed by atoms with Crippen molar-refractivity contribution in [3.63, 3.8) is 0 Å². The van der Waals surface area contributed by atoms with Gasteiger partial charge in [-0.3, -0.25) is 0 Å². The Morgan fingerprint density at radius 1 is 1.58 bits per heavy atom. The van der Waals surface area contributed by atoms with Gasteiger partial charge in [-0.05, 0) is 19.8 Å². The molecule has 1 aliphatic carbocycles. The van der Waals surface area contributed by atoms with Crippen LogP contribution in [0.1, 0.15) is 19.8 Å². The SMILES string of the molecule is CC1=CC(Cl)(CCCO)C=C[CH]1. The van der Waals surface area contributed by atoms with Crippen LogP contribution in [-0.2, 0) is 0 Å². The lowest BCUT2D eigenvalue weighted by Gasteiger charge is -2.22. The number of aliphatic hydroxyl groups excluding tert-OH is 1. The summed E-state index contributed by atoms with van der Waals surface area (Å²) in [6.45, 7) is 2.23. The van der Waals surface area contributed by atoms with E-state index in [0.29, 0.717) is 0 Å². The van der Waals surface area contributed by atoms with Crippen LogP contribution >= 0.6 is 11.6 Å². The van der Waals surface area contributed by atoms with Crippen LogP contribution in [0.3, 0.4) is 0 Å². The highest BCUT2D eigenvalue weighted by atomic mass is 35.5. The lowest BCUT2D eigenvalue weighted by atomic mass is 9.93. The first kappa shape index (κ1) is 9.82. The van der Waals surface area contributed by atoms with Gasteiger partial charge in [0.2, 0.25) is 0 Å². The fourth-order valence-corrected chi connectivity index (χ4v) is 1.72. The molecule has 0 spiro atoms. The van der Waals surface area contributed by atoms with Gasteiger partial charge in [0, 0.05) is 13.0 Å². The number of aliphatic hydroxyl groups is 1. The van der Waals surface area contributed by atoms with Crippen molar-refractivity contribution >= 4 is 11.6 Å². The summed E-state index contributed by atoms with van der Waals surface area (Å²) in [6, 6.07) is 0. The van der Waals surface area contributed by atoms with Crippen molar-refractivity contribution in [3.05, 3.63) is 30.2 Å². The maximum absolute atomic E-state index is 8.67. The minimum absolute atomic E-state index is 0.207. The summed E-state index contributed by atoms with van der Waals surface area (Å²) in [6.07, 6.45) is 9.55. The molecule has 0 saturated heterocycles.